The van der Waals surface area contributed by atoms with Gasteiger partial charge in [0.05, 0.1) is 0 Å². The summed E-state index contributed by atoms with van der Waals surface area (Å²) in [6.07, 6.45) is 10.1. The molecule has 0 N–H and O–H groups in total. The summed E-state index contributed by atoms with van der Waals surface area (Å²) in [7, 11) is 0. The first-order chi connectivity index (χ1) is 12.1. The summed E-state index contributed by atoms with van der Waals surface area (Å²) in [6, 6.07) is 4.98. The molecule has 2 rings (SSSR count). The van der Waals surface area contributed by atoms with E-state index in [1.165, 1.54) is 55.2 Å². The molecule has 1 aliphatic rings. The van der Waals surface area contributed by atoms with Crippen LogP contribution in [0.5, 0.6) is 0 Å². The second-order valence-corrected chi connectivity index (χ2v) is 9.61. The van der Waals surface area contributed by atoms with E-state index in [9.17, 15) is 0 Å². The van der Waals surface area contributed by atoms with Gasteiger partial charge in [-0.2, -0.15) is 0 Å². The number of allylic oxidation sites excluding steroid dienone is 3. The van der Waals surface area contributed by atoms with E-state index in [0.29, 0.717) is 11.8 Å². The topological polar surface area (TPSA) is 0 Å². The molecule has 0 aromatic heterocycles. The number of aryl methyl sites for hydroxylation is 2. The molecule has 0 bridgehead atoms. The van der Waals surface area contributed by atoms with Crippen molar-refractivity contribution in [2.24, 2.45) is 5.92 Å². The van der Waals surface area contributed by atoms with E-state index >= 15 is 0 Å². The summed E-state index contributed by atoms with van der Waals surface area (Å²) in [5.41, 5.74) is 9.16. The Hall–Kier alpha value is -1.30. The monoisotopic (exact) mass is 352 g/mol. The van der Waals surface area contributed by atoms with Gasteiger partial charge in [0.25, 0.3) is 0 Å². The molecule has 0 radical (unpaired) electrons. The first-order valence-corrected chi connectivity index (χ1v) is 10.6. The first kappa shape index (κ1) is 21.0. The number of rotatable bonds is 6. The van der Waals surface area contributed by atoms with Crippen molar-refractivity contribution in [3.05, 3.63) is 58.2 Å². The summed E-state index contributed by atoms with van der Waals surface area (Å²) < 4.78 is 0. The summed E-state index contributed by atoms with van der Waals surface area (Å²) in [4.78, 5) is 0. The molecule has 0 unspecified atom stereocenters. The third-order valence-corrected chi connectivity index (χ3v) is 6.04. The lowest BCUT2D eigenvalue weighted by atomic mass is 9.68. The predicted molar refractivity (Wildman–Crippen MR) is 117 cm³/mol. The van der Waals surface area contributed by atoms with Gasteiger partial charge in [-0.3, -0.25) is 0 Å². The van der Waals surface area contributed by atoms with E-state index in [0.717, 1.165) is 0 Å². The lowest BCUT2D eigenvalue weighted by Crippen LogP contribution is -2.23. The Kier molecular flexibility index (Phi) is 6.94. The van der Waals surface area contributed by atoms with Crippen LogP contribution in [-0.2, 0) is 11.8 Å². The summed E-state index contributed by atoms with van der Waals surface area (Å²) >= 11 is 0. The third kappa shape index (κ3) is 4.90. The van der Waals surface area contributed by atoms with Crippen LogP contribution in [0.3, 0.4) is 0 Å². The van der Waals surface area contributed by atoms with Crippen molar-refractivity contribution < 1.29 is 0 Å². The SMILES string of the molecule is C=C(C)[C@@H]1CCC(C)=C[C@H]1c1c(C)cc(CCCCC)cc1C(C)(C)C. The van der Waals surface area contributed by atoms with Gasteiger partial charge < -0.3 is 0 Å². The van der Waals surface area contributed by atoms with Crippen molar-refractivity contribution in [3.8, 4) is 0 Å². The van der Waals surface area contributed by atoms with Crippen LogP contribution in [0.2, 0.25) is 0 Å². The number of benzene rings is 1. The molecule has 0 aliphatic heterocycles. The highest BCUT2D eigenvalue weighted by Crippen LogP contribution is 2.44. The molecule has 1 aromatic carbocycles. The van der Waals surface area contributed by atoms with Gasteiger partial charge in [0.15, 0.2) is 0 Å². The van der Waals surface area contributed by atoms with Crippen LogP contribution in [-0.4, -0.2) is 0 Å². The van der Waals surface area contributed by atoms with Gasteiger partial charge in [0.2, 0.25) is 0 Å². The van der Waals surface area contributed by atoms with Crippen molar-refractivity contribution in [3.63, 3.8) is 0 Å². The van der Waals surface area contributed by atoms with Gasteiger partial charge in [-0.05, 0) is 80.0 Å². The smallest absolute Gasteiger partial charge is 0.00915 e. The molecule has 1 aliphatic carbocycles. The molecule has 26 heavy (non-hydrogen) atoms. The van der Waals surface area contributed by atoms with E-state index in [2.05, 4.69) is 73.3 Å². The van der Waals surface area contributed by atoms with Crippen LogP contribution in [0, 0.1) is 12.8 Å². The zero-order chi connectivity index (χ0) is 19.5. The molecule has 1 aromatic rings. The standard InChI is InChI=1S/C26H40/c1-9-10-11-12-21-16-20(5)25(24(17-21)26(6,7)8)23-15-19(4)13-14-22(23)18(2)3/h15-17,22-23H,2,9-14H2,1,3-8H3/t22-,23+/m0/s1. The first-order valence-electron chi connectivity index (χ1n) is 10.6. The fourth-order valence-corrected chi connectivity index (χ4v) is 4.57. The molecule has 0 heteroatoms. The Bertz CT molecular complexity index is 666. The summed E-state index contributed by atoms with van der Waals surface area (Å²) in [6.45, 7) is 20.6. The summed E-state index contributed by atoms with van der Waals surface area (Å²) in [5, 5.41) is 0. The molecular weight excluding hydrogens is 312 g/mol. The van der Waals surface area contributed by atoms with Crippen LogP contribution >= 0.6 is 0 Å². The van der Waals surface area contributed by atoms with Gasteiger partial charge in [0.1, 0.15) is 0 Å². The van der Waals surface area contributed by atoms with Crippen LogP contribution < -0.4 is 0 Å². The minimum absolute atomic E-state index is 0.166. The van der Waals surface area contributed by atoms with Crippen molar-refractivity contribution in [2.75, 3.05) is 0 Å². The maximum atomic E-state index is 4.34. The quantitative estimate of drug-likeness (QED) is 0.359. The number of unbranched alkanes of at least 4 members (excludes halogenated alkanes) is 2. The maximum absolute atomic E-state index is 4.34. The number of hydrogen-bond acceptors (Lipinski definition) is 0. The Morgan fingerprint density at radius 2 is 1.85 bits per heavy atom. The van der Waals surface area contributed by atoms with E-state index in [-0.39, 0.29) is 5.41 Å². The number of hydrogen-bond donors (Lipinski definition) is 0. The fourth-order valence-electron chi connectivity index (χ4n) is 4.57. The highest BCUT2D eigenvalue weighted by molar-refractivity contribution is 5.48. The molecule has 0 saturated carbocycles. The molecule has 0 saturated heterocycles. The van der Waals surface area contributed by atoms with Gasteiger partial charge in [0, 0.05) is 5.92 Å². The Balaban J connectivity index is 2.55. The minimum Gasteiger partial charge on any atom is -0.0998 e. The van der Waals surface area contributed by atoms with Gasteiger partial charge >= 0.3 is 0 Å². The largest absolute Gasteiger partial charge is 0.0998 e. The lowest BCUT2D eigenvalue weighted by molar-refractivity contribution is 0.470. The molecule has 0 nitrogen and oxygen atoms in total. The zero-order valence-electron chi connectivity index (χ0n) is 18.3. The second-order valence-electron chi connectivity index (χ2n) is 9.61. The van der Waals surface area contributed by atoms with Crippen LogP contribution in [0.1, 0.15) is 102 Å². The minimum atomic E-state index is 0.166. The summed E-state index contributed by atoms with van der Waals surface area (Å²) in [5.74, 6) is 1.06. The average molecular weight is 353 g/mol. The van der Waals surface area contributed by atoms with Crippen LogP contribution in [0.25, 0.3) is 0 Å². The fraction of sp³-hybridized carbons (Fsp3) is 0.615. The van der Waals surface area contributed by atoms with Gasteiger partial charge in [-0.1, -0.05) is 76.5 Å². The molecular formula is C26H40. The maximum Gasteiger partial charge on any atom is 0.00915 e. The normalized spacial score (nSPS) is 20.8. The Labute approximate surface area is 162 Å². The Morgan fingerprint density at radius 1 is 1.15 bits per heavy atom. The Morgan fingerprint density at radius 3 is 2.42 bits per heavy atom. The van der Waals surface area contributed by atoms with E-state index in [4.69, 9.17) is 0 Å². The lowest BCUT2D eigenvalue weighted by Gasteiger charge is -2.36. The second kappa shape index (κ2) is 8.59. The highest BCUT2D eigenvalue weighted by Gasteiger charge is 2.31. The molecule has 0 amide bonds. The van der Waals surface area contributed by atoms with Gasteiger partial charge in [-0.25, -0.2) is 0 Å². The molecule has 0 spiro atoms. The molecule has 0 heterocycles. The van der Waals surface area contributed by atoms with E-state index in [1.54, 1.807) is 16.7 Å². The van der Waals surface area contributed by atoms with E-state index < -0.39 is 0 Å². The average Bonchev–Trinajstić information content (AvgIpc) is 2.53. The highest BCUT2D eigenvalue weighted by atomic mass is 14.4. The third-order valence-electron chi connectivity index (χ3n) is 6.04. The zero-order valence-corrected chi connectivity index (χ0v) is 18.3. The molecule has 0 fully saturated rings. The van der Waals surface area contributed by atoms with Crippen LogP contribution in [0.4, 0.5) is 0 Å². The van der Waals surface area contributed by atoms with Crippen molar-refractivity contribution in [1.29, 1.82) is 0 Å². The molecule has 144 valence electrons. The predicted octanol–water partition coefficient (Wildman–Crippen LogP) is 8.04. The van der Waals surface area contributed by atoms with E-state index in [1.807, 2.05) is 0 Å². The van der Waals surface area contributed by atoms with Crippen molar-refractivity contribution in [2.45, 2.75) is 98.3 Å². The van der Waals surface area contributed by atoms with Crippen molar-refractivity contribution >= 4 is 0 Å². The van der Waals surface area contributed by atoms with Crippen molar-refractivity contribution in [1.82, 2.24) is 0 Å². The molecule has 2 atom stereocenters. The van der Waals surface area contributed by atoms with Gasteiger partial charge in [-0.15, -0.1) is 0 Å². The van der Waals surface area contributed by atoms with Crippen LogP contribution in [0.15, 0.2) is 35.9 Å².